The molecule has 1 fully saturated rings. The fourth-order valence-electron chi connectivity index (χ4n) is 2.36. The van der Waals surface area contributed by atoms with Crippen LogP contribution in [0.15, 0.2) is 18.2 Å². The number of carboxylic acids is 1. The number of hydrogen-bond acceptors (Lipinski definition) is 5. The quantitative estimate of drug-likeness (QED) is 0.662. The lowest BCUT2D eigenvalue weighted by Crippen LogP contribution is -2.35. The normalized spacial score (nSPS) is 18.0. The molecule has 0 saturated carbocycles. The molecular weight excluding hydrogens is 290 g/mol. The smallest absolute Gasteiger partial charge is 0.387 e. The van der Waals surface area contributed by atoms with Crippen LogP contribution in [0.4, 0.5) is 20.2 Å². The summed E-state index contributed by atoms with van der Waals surface area (Å²) in [4.78, 5) is 22.6. The maximum absolute atomic E-state index is 12.3. The average molecular weight is 302 g/mol. The van der Waals surface area contributed by atoms with E-state index in [1.807, 2.05) is 0 Å². The van der Waals surface area contributed by atoms with E-state index in [0.717, 1.165) is 12.1 Å². The summed E-state index contributed by atoms with van der Waals surface area (Å²) in [6.07, 6.45) is 1.07. The molecule has 0 bridgehead atoms. The van der Waals surface area contributed by atoms with Gasteiger partial charge in [-0.1, -0.05) is 0 Å². The molecule has 114 valence electrons. The van der Waals surface area contributed by atoms with Crippen LogP contribution in [0.1, 0.15) is 12.8 Å². The van der Waals surface area contributed by atoms with Gasteiger partial charge in [0.2, 0.25) is 5.75 Å². The Bertz CT molecular complexity index is 567. The highest BCUT2D eigenvalue weighted by atomic mass is 19.3. The molecule has 0 aliphatic carbocycles. The van der Waals surface area contributed by atoms with E-state index in [2.05, 4.69) is 4.74 Å². The number of aliphatic carboxylic acids is 1. The Morgan fingerprint density at radius 2 is 2.24 bits per heavy atom. The van der Waals surface area contributed by atoms with Crippen molar-refractivity contribution in [1.82, 2.24) is 0 Å². The van der Waals surface area contributed by atoms with Crippen molar-refractivity contribution in [3.8, 4) is 5.75 Å². The van der Waals surface area contributed by atoms with Crippen molar-refractivity contribution in [3.63, 3.8) is 0 Å². The van der Waals surface area contributed by atoms with Crippen LogP contribution in [0.5, 0.6) is 5.75 Å². The van der Waals surface area contributed by atoms with Gasteiger partial charge < -0.3 is 14.7 Å². The number of carboxylic acid groups (broad SMARTS) is 1. The minimum atomic E-state index is -3.20. The molecule has 0 spiro atoms. The molecule has 0 radical (unpaired) electrons. The number of nitro groups is 1. The number of nitrogens with zero attached hydrogens (tertiary/aromatic N) is 2. The van der Waals surface area contributed by atoms with Gasteiger partial charge >= 0.3 is 18.3 Å². The minimum absolute atomic E-state index is 0.307. The number of anilines is 1. The summed E-state index contributed by atoms with van der Waals surface area (Å²) in [5, 5.41) is 19.9. The molecule has 1 aliphatic heterocycles. The second-order valence-electron chi connectivity index (χ2n) is 4.48. The Hall–Kier alpha value is -2.45. The van der Waals surface area contributed by atoms with Crippen LogP contribution in [0.3, 0.4) is 0 Å². The monoisotopic (exact) mass is 302 g/mol. The van der Waals surface area contributed by atoms with Crippen LogP contribution >= 0.6 is 0 Å². The fraction of sp³-hybridized carbons (Fsp3) is 0.417. The zero-order valence-corrected chi connectivity index (χ0v) is 10.7. The molecule has 0 aromatic heterocycles. The molecule has 1 heterocycles. The van der Waals surface area contributed by atoms with Crippen LogP contribution in [-0.4, -0.2) is 35.2 Å². The lowest BCUT2D eigenvalue weighted by molar-refractivity contribution is -0.386. The van der Waals surface area contributed by atoms with Crippen molar-refractivity contribution < 1.29 is 28.3 Å². The highest BCUT2D eigenvalue weighted by molar-refractivity contribution is 5.79. The van der Waals surface area contributed by atoms with Crippen LogP contribution in [-0.2, 0) is 4.79 Å². The SMILES string of the molecule is O=C(O)[C@H]1CCCN1c1ccc([N+](=O)[O-])c(OC(F)F)c1. The predicted octanol–water partition coefficient (Wildman–Crippen LogP) is 2.25. The highest BCUT2D eigenvalue weighted by Gasteiger charge is 2.32. The molecule has 1 saturated heterocycles. The van der Waals surface area contributed by atoms with Crippen LogP contribution < -0.4 is 9.64 Å². The lowest BCUT2D eigenvalue weighted by Gasteiger charge is -2.24. The van der Waals surface area contributed by atoms with E-state index in [-0.39, 0.29) is 0 Å². The predicted molar refractivity (Wildman–Crippen MR) is 67.7 cm³/mol. The first-order chi connectivity index (χ1) is 9.90. The summed E-state index contributed by atoms with van der Waals surface area (Å²) in [5.41, 5.74) is -0.286. The van der Waals surface area contributed by atoms with Gasteiger partial charge in [-0.05, 0) is 18.9 Å². The zero-order valence-electron chi connectivity index (χ0n) is 10.7. The van der Waals surface area contributed by atoms with E-state index in [9.17, 15) is 23.7 Å². The number of carbonyl (C=O) groups is 1. The van der Waals surface area contributed by atoms with Gasteiger partial charge in [0, 0.05) is 24.4 Å². The third-order valence-corrected chi connectivity index (χ3v) is 3.23. The topological polar surface area (TPSA) is 92.9 Å². The number of ether oxygens (including phenoxy) is 1. The molecule has 1 aromatic rings. The minimum Gasteiger partial charge on any atom is -0.480 e. The number of hydrogen-bond donors (Lipinski definition) is 1. The van der Waals surface area contributed by atoms with Crippen molar-refractivity contribution in [1.29, 1.82) is 0 Å². The summed E-state index contributed by atoms with van der Waals surface area (Å²) >= 11 is 0. The standard InChI is InChI=1S/C12H12F2N2O5/c13-12(14)21-10-6-7(3-4-8(10)16(19)20)15-5-1-2-9(15)11(17)18/h3-4,6,9,12H,1-2,5H2,(H,17,18)/t9-/m1/s1. The maximum atomic E-state index is 12.3. The van der Waals surface area contributed by atoms with Crippen molar-refractivity contribution in [2.45, 2.75) is 25.5 Å². The van der Waals surface area contributed by atoms with Gasteiger partial charge in [0.25, 0.3) is 0 Å². The summed E-state index contributed by atoms with van der Waals surface area (Å²) in [6.45, 7) is -2.77. The van der Waals surface area contributed by atoms with Gasteiger partial charge in [-0.15, -0.1) is 0 Å². The third-order valence-electron chi connectivity index (χ3n) is 3.23. The van der Waals surface area contributed by atoms with E-state index in [1.54, 1.807) is 0 Å². The average Bonchev–Trinajstić information content (AvgIpc) is 2.86. The Morgan fingerprint density at radius 3 is 2.81 bits per heavy atom. The van der Waals surface area contributed by atoms with Crippen LogP contribution in [0.2, 0.25) is 0 Å². The van der Waals surface area contributed by atoms with Gasteiger partial charge in [-0.3, -0.25) is 10.1 Å². The molecule has 2 rings (SSSR count). The molecule has 21 heavy (non-hydrogen) atoms. The summed E-state index contributed by atoms with van der Waals surface area (Å²) in [6, 6.07) is 2.67. The molecule has 1 aromatic carbocycles. The van der Waals surface area contributed by atoms with Crippen LogP contribution in [0, 0.1) is 10.1 Å². The maximum Gasteiger partial charge on any atom is 0.387 e. The van der Waals surface area contributed by atoms with E-state index in [0.29, 0.717) is 25.1 Å². The van der Waals surface area contributed by atoms with Gasteiger partial charge in [-0.2, -0.15) is 8.78 Å². The van der Waals surface area contributed by atoms with Crippen molar-refractivity contribution >= 4 is 17.3 Å². The Labute approximate surface area is 117 Å². The highest BCUT2D eigenvalue weighted by Crippen LogP contribution is 2.35. The van der Waals surface area contributed by atoms with Crippen LogP contribution in [0.25, 0.3) is 0 Å². The number of benzene rings is 1. The van der Waals surface area contributed by atoms with Gasteiger partial charge in [0.1, 0.15) is 6.04 Å². The summed E-state index contributed by atoms with van der Waals surface area (Å²) < 4.78 is 28.8. The molecule has 1 aliphatic rings. The van der Waals surface area contributed by atoms with E-state index < -0.39 is 35.0 Å². The van der Waals surface area contributed by atoms with E-state index in [1.165, 1.54) is 11.0 Å². The van der Waals surface area contributed by atoms with E-state index in [4.69, 9.17) is 5.11 Å². The number of halogens is 2. The zero-order chi connectivity index (χ0) is 15.6. The number of nitro benzene ring substituents is 1. The largest absolute Gasteiger partial charge is 0.480 e. The summed E-state index contributed by atoms with van der Waals surface area (Å²) in [5.74, 6) is -1.61. The van der Waals surface area contributed by atoms with Gasteiger partial charge in [0.15, 0.2) is 0 Å². The first-order valence-corrected chi connectivity index (χ1v) is 6.13. The first-order valence-electron chi connectivity index (χ1n) is 6.13. The molecule has 9 heteroatoms. The van der Waals surface area contributed by atoms with Crippen molar-refractivity contribution in [3.05, 3.63) is 28.3 Å². The second-order valence-corrected chi connectivity index (χ2v) is 4.48. The molecular formula is C12H12F2N2O5. The first kappa shape index (κ1) is 14.9. The molecule has 0 amide bonds. The van der Waals surface area contributed by atoms with Gasteiger partial charge in [-0.25, -0.2) is 4.79 Å². The number of rotatable bonds is 5. The number of alkyl halides is 2. The molecule has 7 nitrogen and oxygen atoms in total. The Kier molecular flexibility index (Phi) is 4.20. The Morgan fingerprint density at radius 1 is 1.52 bits per heavy atom. The molecule has 1 atom stereocenters. The lowest BCUT2D eigenvalue weighted by atomic mass is 10.2. The molecule has 0 unspecified atom stereocenters. The second kappa shape index (κ2) is 5.90. The Balaban J connectivity index is 2.37. The van der Waals surface area contributed by atoms with Crippen molar-refractivity contribution in [2.24, 2.45) is 0 Å². The molecule has 1 N–H and O–H groups in total. The summed E-state index contributed by atoms with van der Waals surface area (Å²) in [7, 11) is 0. The van der Waals surface area contributed by atoms with E-state index >= 15 is 0 Å². The fourth-order valence-corrected chi connectivity index (χ4v) is 2.36. The van der Waals surface area contributed by atoms with Gasteiger partial charge in [0.05, 0.1) is 4.92 Å². The van der Waals surface area contributed by atoms with Crippen molar-refractivity contribution in [2.75, 3.05) is 11.4 Å². The third kappa shape index (κ3) is 3.18.